The number of nitrogens with one attached hydrogen (secondary N) is 1. The molecule has 1 N–H and O–H groups in total. The van der Waals surface area contributed by atoms with E-state index in [0.717, 1.165) is 10.6 Å². The number of nitrogens with zero attached hydrogens (tertiary/aromatic N) is 2. The van der Waals surface area contributed by atoms with E-state index >= 15 is 0 Å². The summed E-state index contributed by atoms with van der Waals surface area (Å²) in [6.45, 7) is 0. The highest BCUT2D eigenvalue weighted by Crippen LogP contribution is 2.28. The smallest absolute Gasteiger partial charge is 0.339 e. The zero-order chi connectivity index (χ0) is 21.3. The van der Waals surface area contributed by atoms with Gasteiger partial charge in [-0.2, -0.15) is 0 Å². The molecule has 0 unspecified atom stereocenters. The van der Waals surface area contributed by atoms with Crippen molar-refractivity contribution in [2.45, 2.75) is 0 Å². The minimum atomic E-state index is -0.639. The number of thiophene rings is 1. The Bertz CT molecular complexity index is 1260. The normalized spacial score (nSPS) is 10.7. The van der Waals surface area contributed by atoms with Crippen molar-refractivity contribution in [3.8, 4) is 10.6 Å². The number of benzene rings is 1. The summed E-state index contributed by atoms with van der Waals surface area (Å²) in [6.07, 6.45) is 1.79. The first kappa shape index (κ1) is 19.8. The summed E-state index contributed by atoms with van der Waals surface area (Å²) in [7, 11) is 2.49. The number of carbonyl (C=O) groups is 3. The topological polar surface area (TPSA) is 99.0 Å². The van der Waals surface area contributed by atoms with Gasteiger partial charge < -0.3 is 14.8 Å². The van der Waals surface area contributed by atoms with Gasteiger partial charge in [0.2, 0.25) is 0 Å². The van der Waals surface area contributed by atoms with Gasteiger partial charge in [0.05, 0.1) is 35.9 Å². The van der Waals surface area contributed by atoms with Crippen molar-refractivity contribution in [1.29, 1.82) is 0 Å². The highest BCUT2D eigenvalue weighted by Gasteiger charge is 2.20. The zero-order valence-corrected chi connectivity index (χ0v) is 17.5. The Morgan fingerprint density at radius 2 is 1.87 bits per heavy atom. The Morgan fingerprint density at radius 3 is 2.57 bits per heavy atom. The summed E-state index contributed by atoms with van der Waals surface area (Å²) >= 11 is 2.89. The molecule has 1 aromatic carbocycles. The van der Waals surface area contributed by atoms with Crippen molar-refractivity contribution in [3.05, 3.63) is 64.1 Å². The fourth-order valence-corrected chi connectivity index (χ4v) is 4.39. The van der Waals surface area contributed by atoms with E-state index in [9.17, 15) is 14.4 Å². The van der Waals surface area contributed by atoms with Crippen molar-refractivity contribution in [2.24, 2.45) is 0 Å². The third-order valence-corrected chi connectivity index (χ3v) is 6.04. The third kappa shape index (κ3) is 3.58. The molecular weight excluding hydrogens is 426 g/mol. The number of carbonyl (C=O) groups excluding carboxylic acids is 3. The number of ether oxygens (including phenoxy) is 2. The Kier molecular flexibility index (Phi) is 5.34. The van der Waals surface area contributed by atoms with Crippen LogP contribution in [0.25, 0.3) is 15.5 Å². The fraction of sp³-hybridized carbons (Fsp3) is 0.100. The molecule has 3 heterocycles. The molecule has 152 valence electrons. The van der Waals surface area contributed by atoms with Gasteiger partial charge in [-0.3, -0.25) is 9.20 Å². The van der Waals surface area contributed by atoms with Gasteiger partial charge in [0.15, 0.2) is 4.96 Å². The molecule has 0 aliphatic rings. The highest BCUT2D eigenvalue weighted by molar-refractivity contribution is 7.15. The lowest BCUT2D eigenvalue weighted by Crippen LogP contribution is -2.17. The molecule has 0 fully saturated rings. The largest absolute Gasteiger partial charge is 0.465 e. The molecule has 0 spiro atoms. The van der Waals surface area contributed by atoms with Crippen LogP contribution in [0.5, 0.6) is 0 Å². The van der Waals surface area contributed by atoms with Gasteiger partial charge in [0.25, 0.3) is 5.91 Å². The molecule has 0 saturated carbocycles. The maximum absolute atomic E-state index is 13.0. The molecule has 0 radical (unpaired) electrons. The van der Waals surface area contributed by atoms with E-state index in [-0.39, 0.29) is 16.8 Å². The molecule has 0 aliphatic heterocycles. The van der Waals surface area contributed by atoms with Crippen LogP contribution in [-0.4, -0.2) is 41.5 Å². The number of hydrogen-bond acceptors (Lipinski definition) is 8. The molecule has 10 heteroatoms. The first-order chi connectivity index (χ1) is 14.5. The first-order valence-electron chi connectivity index (χ1n) is 8.64. The van der Waals surface area contributed by atoms with E-state index in [0.29, 0.717) is 10.7 Å². The molecule has 0 atom stereocenters. The van der Waals surface area contributed by atoms with E-state index < -0.39 is 17.8 Å². The van der Waals surface area contributed by atoms with Crippen LogP contribution in [0, 0.1) is 0 Å². The number of rotatable bonds is 5. The lowest BCUT2D eigenvalue weighted by atomic mass is 10.1. The predicted molar refractivity (Wildman–Crippen MR) is 113 cm³/mol. The summed E-state index contributed by atoms with van der Waals surface area (Å²) in [4.78, 5) is 43.2. The number of methoxy groups -OCH3 is 2. The van der Waals surface area contributed by atoms with Gasteiger partial charge in [-0.25, -0.2) is 14.6 Å². The monoisotopic (exact) mass is 441 g/mol. The van der Waals surface area contributed by atoms with E-state index in [1.54, 1.807) is 27.3 Å². The second kappa shape index (κ2) is 8.09. The van der Waals surface area contributed by atoms with Gasteiger partial charge in [-0.1, -0.05) is 6.07 Å². The molecule has 4 aromatic rings. The van der Waals surface area contributed by atoms with Crippen LogP contribution in [0.3, 0.4) is 0 Å². The van der Waals surface area contributed by atoms with Crippen LogP contribution in [-0.2, 0) is 9.47 Å². The summed E-state index contributed by atoms with van der Waals surface area (Å²) in [6, 6.07) is 8.11. The second-order valence-corrected chi connectivity index (χ2v) is 7.86. The Hall–Kier alpha value is -3.50. The van der Waals surface area contributed by atoms with Crippen LogP contribution >= 0.6 is 22.7 Å². The number of thiazole rings is 1. The number of anilines is 1. The quantitative estimate of drug-likeness (QED) is 0.471. The minimum absolute atomic E-state index is 0.120. The number of fused-ring (bicyclic) bond motifs is 1. The highest BCUT2D eigenvalue weighted by atomic mass is 32.1. The molecule has 0 bridgehead atoms. The average molecular weight is 441 g/mol. The molecule has 1 amide bonds. The Balaban J connectivity index is 1.69. The van der Waals surface area contributed by atoms with Crippen molar-refractivity contribution in [1.82, 2.24) is 9.38 Å². The van der Waals surface area contributed by atoms with Gasteiger partial charge in [-0.15, -0.1) is 22.7 Å². The lowest BCUT2D eigenvalue weighted by Gasteiger charge is -2.11. The van der Waals surface area contributed by atoms with E-state index in [1.807, 2.05) is 17.5 Å². The maximum Gasteiger partial charge on any atom is 0.339 e. The van der Waals surface area contributed by atoms with Crippen LogP contribution in [0.4, 0.5) is 5.69 Å². The molecule has 3 aromatic heterocycles. The second-order valence-electron chi connectivity index (χ2n) is 6.07. The molecule has 4 rings (SSSR count). The van der Waals surface area contributed by atoms with Gasteiger partial charge in [-0.05, 0) is 29.6 Å². The van der Waals surface area contributed by atoms with Crippen molar-refractivity contribution in [2.75, 3.05) is 19.5 Å². The Morgan fingerprint density at radius 1 is 1.07 bits per heavy atom. The number of aromatic nitrogens is 2. The molecule has 30 heavy (non-hydrogen) atoms. The molecule has 0 aliphatic carbocycles. The van der Waals surface area contributed by atoms with Crippen LogP contribution in [0.2, 0.25) is 0 Å². The van der Waals surface area contributed by atoms with E-state index in [1.165, 1.54) is 43.8 Å². The number of esters is 2. The van der Waals surface area contributed by atoms with Gasteiger partial charge >= 0.3 is 11.9 Å². The van der Waals surface area contributed by atoms with E-state index in [4.69, 9.17) is 9.47 Å². The average Bonchev–Trinajstić information content (AvgIpc) is 3.48. The molecule has 0 saturated heterocycles. The standard InChI is InChI=1S/C20H15N3O5S2/c1-27-18(25)11-5-6-12(19(26)28-2)13(8-11)21-17(24)15-10-30-20-22-14(9-23(15)20)16-4-3-7-29-16/h3-10H,1-2H3,(H,21,24). The van der Waals surface area contributed by atoms with Crippen LogP contribution < -0.4 is 5.32 Å². The fourth-order valence-electron chi connectivity index (χ4n) is 2.86. The third-order valence-electron chi connectivity index (χ3n) is 4.31. The SMILES string of the molecule is COC(=O)c1ccc(C(=O)OC)c(NC(=O)c2csc3nc(-c4cccs4)cn23)c1. The lowest BCUT2D eigenvalue weighted by molar-refractivity contribution is 0.0587. The van der Waals surface area contributed by atoms with E-state index in [2.05, 4.69) is 10.3 Å². The number of imidazole rings is 1. The first-order valence-corrected chi connectivity index (χ1v) is 10.4. The van der Waals surface area contributed by atoms with Crippen molar-refractivity contribution < 1.29 is 23.9 Å². The predicted octanol–water partition coefficient (Wildman–Crippen LogP) is 3.95. The maximum atomic E-state index is 13.0. The minimum Gasteiger partial charge on any atom is -0.465 e. The van der Waals surface area contributed by atoms with Crippen LogP contribution in [0.15, 0.2) is 47.3 Å². The Labute approximate surface area is 178 Å². The van der Waals surface area contributed by atoms with Crippen molar-refractivity contribution >= 4 is 51.2 Å². The summed E-state index contributed by atoms with van der Waals surface area (Å²) in [5.41, 5.74) is 1.58. The van der Waals surface area contributed by atoms with Crippen molar-refractivity contribution in [3.63, 3.8) is 0 Å². The summed E-state index contributed by atoms with van der Waals surface area (Å²) in [5, 5.41) is 6.33. The summed E-state index contributed by atoms with van der Waals surface area (Å²) in [5.74, 6) is -1.68. The number of hydrogen-bond donors (Lipinski definition) is 1. The zero-order valence-electron chi connectivity index (χ0n) is 15.9. The molecule has 8 nitrogen and oxygen atoms in total. The molecular formula is C20H15N3O5S2. The summed E-state index contributed by atoms with van der Waals surface area (Å²) < 4.78 is 11.2. The number of amides is 1. The van der Waals surface area contributed by atoms with Gasteiger partial charge in [0, 0.05) is 11.6 Å². The van der Waals surface area contributed by atoms with Gasteiger partial charge in [0.1, 0.15) is 11.4 Å². The van der Waals surface area contributed by atoms with Crippen LogP contribution in [0.1, 0.15) is 31.2 Å².